The Balaban J connectivity index is 2.31. The van der Waals surface area contributed by atoms with Crippen LogP contribution in [0.2, 0.25) is 0 Å². The summed E-state index contributed by atoms with van der Waals surface area (Å²) in [5.74, 6) is 0.871. The van der Waals surface area contributed by atoms with E-state index in [0.29, 0.717) is 5.92 Å². The molecule has 0 aromatic rings. The van der Waals surface area contributed by atoms with Crippen molar-refractivity contribution in [3.63, 3.8) is 0 Å². The third-order valence-corrected chi connectivity index (χ3v) is 4.66. The lowest BCUT2D eigenvalue weighted by Crippen LogP contribution is -2.41. The molecule has 0 heterocycles. The first-order chi connectivity index (χ1) is 6.95. The maximum Gasteiger partial charge on any atom is 0.230 e. The molecule has 2 aliphatic carbocycles. The molecule has 0 aromatic heterocycles. The van der Waals surface area contributed by atoms with Crippen molar-refractivity contribution in [2.45, 2.75) is 40.0 Å². The summed E-state index contributed by atoms with van der Waals surface area (Å²) in [6, 6.07) is 0. The van der Waals surface area contributed by atoms with Gasteiger partial charge in [0.05, 0.1) is 5.41 Å². The lowest BCUT2D eigenvalue weighted by atomic mass is 9.68. The molecule has 2 atom stereocenters. The first-order valence-electron chi connectivity index (χ1n) is 5.93. The second-order valence-corrected chi connectivity index (χ2v) is 5.58. The van der Waals surface area contributed by atoms with Gasteiger partial charge in [-0.05, 0) is 37.5 Å². The third kappa shape index (κ3) is 1.20. The maximum atomic E-state index is 12.2. The Labute approximate surface area is 92.1 Å². The Morgan fingerprint density at radius 1 is 1.60 bits per heavy atom. The summed E-state index contributed by atoms with van der Waals surface area (Å²) < 4.78 is 0. The third-order valence-electron chi connectivity index (χ3n) is 4.66. The second-order valence-electron chi connectivity index (χ2n) is 5.58. The van der Waals surface area contributed by atoms with Crippen molar-refractivity contribution in [1.29, 1.82) is 0 Å². The summed E-state index contributed by atoms with van der Waals surface area (Å²) in [6.07, 6.45) is 3.21. The molecule has 2 fully saturated rings. The molecule has 2 saturated carbocycles. The fourth-order valence-electron chi connectivity index (χ4n) is 3.47. The Morgan fingerprint density at radius 2 is 2.27 bits per heavy atom. The number of carbonyl (C=O) groups excluding carboxylic acids is 1. The van der Waals surface area contributed by atoms with Gasteiger partial charge in [0.15, 0.2) is 0 Å². The SMILES string of the molecule is C=C1C(C)(C)[C@H]2CC[C@]1(C(=O)NCC)C2. The zero-order chi connectivity index (χ0) is 11.3. The van der Waals surface area contributed by atoms with Crippen LogP contribution in [0.25, 0.3) is 0 Å². The fraction of sp³-hybridized carbons (Fsp3) is 0.769. The Bertz CT molecular complexity index is 318. The van der Waals surface area contributed by atoms with Gasteiger partial charge >= 0.3 is 0 Å². The quantitative estimate of drug-likeness (QED) is 0.693. The molecule has 2 aliphatic rings. The average Bonchev–Trinajstić information content (AvgIpc) is 2.68. The normalized spacial score (nSPS) is 37.0. The van der Waals surface area contributed by atoms with Gasteiger partial charge in [-0.1, -0.05) is 26.0 Å². The molecule has 2 rings (SSSR count). The molecule has 2 bridgehead atoms. The van der Waals surface area contributed by atoms with E-state index in [4.69, 9.17) is 0 Å². The van der Waals surface area contributed by atoms with Crippen molar-refractivity contribution in [2.24, 2.45) is 16.7 Å². The topological polar surface area (TPSA) is 29.1 Å². The number of carbonyl (C=O) groups is 1. The largest absolute Gasteiger partial charge is 0.356 e. The zero-order valence-electron chi connectivity index (χ0n) is 10.0. The van der Waals surface area contributed by atoms with E-state index >= 15 is 0 Å². The molecule has 0 aliphatic heterocycles. The van der Waals surface area contributed by atoms with Crippen LogP contribution in [-0.4, -0.2) is 12.5 Å². The summed E-state index contributed by atoms with van der Waals surface area (Å²) in [4.78, 5) is 12.2. The minimum Gasteiger partial charge on any atom is -0.356 e. The fourth-order valence-corrected chi connectivity index (χ4v) is 3.47. The highest BCUT2D eigenvalue weighted by molar-refractivity contribution is 5.87. The van der Waals surface area contributed by atoms with Crippen LogP contribution < -0.4 is 5.32 Å². The number of hydrogen-bond donors (Lipinski definition) is 1. The van der Waals surface area contributed by atoms with Gasteiger partial charge in [0.2, 0.25) is 5.91 Å². The van der Waals surface area contributed by atoms with E-state index in [-0.39, 0.29) is 16.7 Å². The molecule has 15 heavy (non-hydrogen) atoms. The first-order valence-corrected chi connectivity index (χ1v) is 5.93. The first kappa shape index (κ1) is 10.7. The van der Waals surface area contributed by atoms with Crippen LogP contribution in [0.4, 0.5) is 0 Å². The van der Waals surface area contributed by atoms with Crippen LogP contribution in [0.1, 0.15) is 40.0 Å². The number of nitrogens with one attached hydrogen (secondary N) is 1. The standard InChI is InChI=1S/C13H21NO/c1-5-14-11(15)13-7-6-10(8-13)12(3,4)9(13)2/h10H,2,5-8H2,1,3-4H3,(H,14,15)/t10-,13-/m0/s1. The summed E-state index contributed by atoms with van der Waals surface area (Å²) in [5, 5.41) is 2.97. The molecule has 1 N–H and O–H groups in total. The van der Waals surface area contributed by atoms with E-state index in [1.807, 2.05) is 6.92 Å². The van der Waals surface area contributed by atoms with Gasteiger partial charge in [-0.3, -0.25) is 4.79 Å². The van der Waals surface area contributed by atoms with Crippen LogP contribution in [0.3, 0.4) is 0 Å². The van der Waals surface area contributed by atoms with Crippen molar-refractivity contribution in [2.75, 3.05) is 6.54 Å². The van der Waals surface area contributed by atoms with Gasteiger partial charge in [-0.2, -0.15) is 0 Å². The lowest BCUT2D eigenvalue weighted by molar-refractivity contribution is -0.128. The maximum absolute atomic E-state index is 12.2. The number of fused-ring (bicyclic) bond motifs is 2. The summed E-state index contributed by atoms with van der Waals surface area (Å²) >= 11 is 0. The minimum absolute atomic E-state index is 0.156. The summed E-state index contributed by atoms with van der Waals surface area (Å²) in [7, 11) is 0. The highest BCUT2D eigenvalue weighted by Gasteiger charge is 2.60. The van der Waals surface area contributed by atoms with Crippen LogP contribution in [-0.2, 0) is 4.79 Å². The van der Waals surface area contributed by atoms with E-state index in [1.54, 1.807) is 0 Å². The molecular weight excluding hydrogens is 186 g/mol. The van der Waals surface area contributed by atoms with Gasteiger partial charge in [0.25, 0.3) is 0 Å². The van der Waals surface area contributed by atoms with Gasteiger partial charge in [-0.25, -0.2) is 0 Å². The predicted octanol–water partition coefficient (Wildman–Crippen LogP) is 2.51. The molecular formula is C13H21NO. The molecule has 0 spiro atoms. The van der Waals surface area contributed by atoms with Crippen LogP contribution in [0.15, 0.2) is 12.2 Å². The number of amides is 1. The second kappa shape index (κ2) is 3.10. The molecule has 2 heteroatoms. The lowest BCUT2D eigenvalue weighted by Gasteiger charge is -2.37. The average molecular weight is 207 g/mol. The Hall–Kier alpha value is -0.790. The van der Waals surface area contributed by atoms with Crippen molar-refractivity contribution in [3.8, 4) is 0 Å². The van der Waals surface area contributed by atoms with E-state index in [2.05, 4.69) is 25.7 Å². The van der Waals surface area contributed by atoms with E-state index in [9.17, 15) is 4.79 Å². The molecule has 1 amide bonds. The molecule has 2 nitrogen and oxygen atoms in total. The van der Waals surface area contributed by atoms with Crippen molar-refractivity contribution in [1.82, 2.24) is 5.32 Å². The van der Waals surface area contributed by atoms with Crippen molar-refractivity contribution >= 4 is 5.91 Å². The van der Waals surface area contributed by atoms with Gasteiger partial charge < -0.3 is 5.32 Å². The Morgan fingerprint density at radius 3 is 2.73 bits per heavy atom. The van der Waals surface area contributed by atoms with Crippen LogP contribution in [0, 0.1) is 16.7 Å². The van der Waals surface area contributed by atoms with E-state index in [1.165, 1.54) is 6.42 Å². The summed E-state index contributed by atoms with van der Waals surface area (Å²) in [6.45, 7) is 11.4. The molecule has 0 aromatic carbocycles. The van der Waals surface area contributed by atoms with Crippen LogP contribution >= 0.6 is 0 Å². The molecule has 0 unspecified atom stereocenters. The minimum atomic E-state index is -0.232. The van der Waals surface area contributed by atoms with E-state index < -0.39 is 0 Å². The number of rotatable bonds is 2. The predicted molar refractivity (Wildman–Crippen MR) is 61.4 cm³/mol. The zero-order valence-corrected chi connectivity index (χ0v) is 10.0. The number of hydrogen-bond acceptors (Lipinski definition) is 1. The molecule has 0 radical (unpaired) electrons. The highest BCUT2D eigenvalue weighted by atomic mass is 16.2. The van der Waals surface area contributed by atoms with Crippen molar-refractivity contribution < 1.29 is 4.79 Å². The summed E-state index contributed by atoms with van der Waals surface area (Å²) in [5.41, 5.74) is 1.09. The van der Waals surface area contributed by atoms with E-state index in [0.717, 1.165) is 25.0 Å². The van der Waals surface area contributed by atoms with Crippen LogP contribution in [0.5, 0.6) is 0 Å². The van der Waals surface area contributed by atoms with Crippen molar-refractivity contribution in [3.05, 3.63) is 12.2 Å². The highest BCUT2D eigenvalue weighted by Crippen LogP contribution is 2.65. The van der Waals surface area contributed by atoms with Gasteiger partial charge in [0.1, 0.15) is 0 Å². The molecule has 84 valence electrons. The smallest absolute Gasteiger partial charge is 0.230 e. The van der Waals surface area contributed by atoms with Gasteiger partial charge in [0, 0.05) is 6.54 Å². The molecule has 0 saturated heterocycles. The monoisotopic (exact) mass is 207 g/mol. The Kier molecular flexibility index (Phi) is 2.21. The van der Waals surface area contributed by atoms with Gasteiger partial charge in [-0.15, -0.1) is 0 Å².